The number of nitrogens with zero attached hydrogens (tertiary/aromatic N) is 2. The average molecular weight is 427 g/mol. The molecule has 1 amide bonds. The SMILES string of the molecule is Cc1nnc(-c2cccc(-c3ccc4oc(Cc5ccc(F)cc5)c(C(N)=O)c4c3)c2)o1. The molecule has 5 aromatic rings. The monoisotopic (exact) mass is 427 g/mol. The first-order chi connectivity index (χ1) is 15.5. The van der Waals surface area contributed by atoms with Crippen molar-refractivity contribution in [2.24, 2.45) is 5.73 Å². The molecule has 5 rings (SSSR count). The first-order valence-electron chi connectivity index (χ1n) is 9.98. The van der Waals surface area contributed by atoms with Crippen LogP contribution in [0.25, 0.3) is 33.6 Å². The summed E-state index contributed by atoms with van der Waals surface area (Å²) in [7, 11) is 0. The molecule has 0 fully saturated rings. The van der Waals surface area contributed by atoms with E-state index >= 15 is 0 Å². The quantitative estimate of drug-likeness (QED) is 0.411. The zero-order valence-electron chi connectivity index (χ0n) is 17.1. The van der Waals surface area contributed by atoms with E-state index < -0.39 is 5.91 Å². The Bertz CT molecular complexity index is 1450. The molecule has 0 bridgehead atoms. The lowest BCUT2D eigenvalue weighted by atomic mass is 9.99. The van der Waals surface area contributed by atoms with Gasteiger partial charge in [-0.05, 0) is 53.1 Å². The Morgan fingerprint density at radius 1 is 0.938 bits per heavy atom. The van der Waals surface area contributed by atoms with Gasteiger partial charge in [0.25, 0.3) is 5.91 Å². The van der Waals surface area contributed by atoms with Crippen molar-refractivity contribution >= 4 is 16.9 Å². The van der Waals surface area contributed by atoms with Gasteiger partial charge in [-0.2, -0.15) is 0 Å². The molecule has 0 saturated heterocycles. The standard InChI is InChI=1S/C25H18FN3O3/c1-14-28-29-25(31-14)18-4-2-3-16(12-18)17-7-10-21-20(13-17)23(24(27)30)22(32-21)11-15-5-8-19(26)9-6-15/h2-10,12-13H,11H2,1H3,(H2,27,30). The normalized spacial score (nSPS) is 11.2. The Hall–Kier alpha value is -4.26. The van der Waals surface area contributed by atoms with Gasteiger partial charge in [0.15, 0.2) is 0 Å². The van der Waals surface area contributed by atoms with Gasteiger partial charge in [-0.15, -0.1) is 10.2 Å². The van der Waals surface area contributed by atoms with Gasteiger partial charge in [0.2, 0.25) is 11.8 Å². The van der Waals surface area contributed by atoms with Crippen LogP contribution in [0.4, 0.5) is 4.39 Å². The smallest absolute Gasteiger partial charge is 0.252 e. The number of amides is 1. The molecule has 6 nitrogen and oxygen atoms in total. The third-order valence-electron chi connectivity index (χ3n) is 5.25. The van der Waals surface area contributed by atoms with Crippen LogP contribution in [0.3, 0.4) is 0 Å². The van der Waals surface area contributed by atoms with E-state index in [2.05, 4.69) is 10.2 Å². The lowest BCUT2D eigenvalue weighted by molar-refractivity contribution is 0.1000. The highest BCUT2D eigenvalue weighted by atomic mass is 19.1. The Balaban J connectivity index is 1.57. The van der Waals surface area contributed by atoms with Gasteiger partial charge >= 0.3 is 0 Å². The molecule has 2 heterocycles. The molecule has 0 aliphatic rings. The number of aryl methyl sites for hydroxylation is 1. The molecule has 0 aliphatic carbocycles. The van der Waals surface area contributed by atoms with Crippen molar-refractivity contribution in [3.63, 3.8) is 0 Å². The summed E-state index contributed by atoms with van der Waals surface area (Å²) in [6.45, 7) is 1.74. The Kier molecular flexibility index (Phi) is 4.78. The minimum Gasteiger partial charge on any atom is -0.460 e. The molecule has 0 aliphatic heterocycles. The van der Waals surface area contributed by atoms with Crippen molar-refractivity contribution in [2.75, 3.05) is 0 Å². The van der Waals surface area contributed by atoms with Crippen LogP contribution >= 0.6 is 0 Å². The second-order valence-electron chi connectivity index (χ2n) is 7.49. The Morgan fingerprint density at radius 3 is 2.41 bits per heavy atom. The first-order valence-corrected chi connectivity index (χ1v) is 9.98. The summed E-state index contributed by atoms with van der Waals surface area (Å²) < 4.78 is 24.7. The number of hydrogen-bond donors (Lipinski definition) is 1. The van der Waals surface area contributed by atoms with Gasteiger partial charge < -0.3 is 14.6 Å². The summed E-state index contributed by atoms with van der Waals surface area (Å²) in [5, 5.41) is 8.58. The number of hydrogen-bond acceptors (Lipinski definition) is 5. The number of furan rings is 1. The third kappa shape index (κ3) is 3.65. The van der Waals surface area contributed by atoms with Crippen LogP contribution < -0.4 is 5.73 Å². The fourth-order valence-corrected chi connectivity index (χ4v) is 3.76. The second kappa shape index (κ2) is 7.77. The lowest BCUT2D eigenvalue weighted by Gasteiger charge is -2.04. The molecule has 3 aromatic carbocycles. The van der Waals surface area contributed by atoms with Crippen molar-refractivity contribution < 1.29 is 18.0 Å². The molecule has 0 saturated carbocycles. The molecular weight excluding hydrogens is 409 g/mol. The van der Waals surface area contributed by atoms with Crippen LogP contribution in [0.5, 0.6) is 0 Å². The van der Waals surface area contributed by atoms with Crippen LogP contribution in [0, 0.1) is 12.7 Å². The highest BCUT2D eigenvalue weighted by Crippen LogP contribution is 2.33. The van der Waals surface area contributed by atoms with Crippen LogP contribution in [0.15, 0.2) is 75.6 Å². The van der Waals surface area contributed by atoms with E-state index in [1.165, 1.54) is 12.1 Å². The molecule has 0 radical (unpaired) electrons. The fourth-order valence-electron chi connectivity index (χ4n) is 3.76. The number of primary amides is 1. The molecule has 158 valence electrons. The topological polar surface area (TPSA) is 95.1 Å². The van der Waals surface area contributed by atoms with Crippen LogP contribution in [-0.2, 0) is 6.42 Å². The van der Waals surface area contributed by atoms with E-state index in [1.54, 1.807) is 19.1 Å². The van der Waals surface area contributed by atoms with E-state index in [-0.39, 0.29) is 5.82 Å². The molecule has 7 heteroatoms. The second-order valence-corrected chi connectivity index (χ2v) is 7.49. The first kappa shape index (κ1) is 19.7. The molecule has 2 N–H and O–H groups in total. The van der Waals surface area contributed by atoms with E-state index in [0.717, 1.165) is 22.3 Å². The number of carbonyl (C=O) groups is 1. The van der Waals surface area contributed by atoms with E-state index in [4.69, 9.17) is 14.6 Å². The molecule has 0 unspecified atom stereocenters. The van der Waals surface area contributed by atoms with Crippen LogP contribution in [0.2, 0.25) is 0 Å². The van der Waals surface area contributed by atoms with Gasteiger partial charge in [0.05, 0.1) is 5.56 Å². The summed E-state index contributed by atoms with van der Waals surface area (Å²) in [4.78, 5) is 12.3. The summed E-state index contributed by atoms with van der Waals surface area (Å²) in [5.74, 6) is 0.480. The van der Waals surface area contributed by atoms with E-state index in [1.807, 2.05) is 42.5 Å². The average Bonchev–Trinajstić information content (AvgIpc) is 3.38. The van der Waals surface area contributed by atoms with E-state index in [9.17, 15) is 9.18 Å². The van der Waals surface area contributed by atoms with Gasteiger partial charge in [-0.1, -0.05) is 30.3 Å². The maximum atomic E-state index is 13.2. The van der Waals surface area contributed by atoms with Crippen molar-refractivity contribution in [1.82, 2.24) is 10.2 Å². The molecule has 0 atom stereocenters. The highest BCUT2D eigenvalue weighted by molar-refractivity contribution is 6.07. The van der Waals surface area contributed by atoms with Crippen molar-refractivity contribution in [3.8, 4) is 22.6 Å². The lowest BCUT2D eigenvalue weighted by Crippen LogP contribution is -2.12. The van der Waals surface area contributed by atoms with Crippen molar-refractivity contribution in [1.29, 1.82) is 0 Å². The Morgan fingerprint density at radius 2 is 1.69 bits per heavy atom. The predicted octanol–water partition coefficient (Wildman–Crippen LogP) is 5.29. The predicted molar refractivity (Wildman–Crippen MR) is 117 cm³/mol. The molecule has 2 aromatic heterocycles. The number of nitrogens with two attached hydrogens (primary N) is 1. The zero-order chi connectivity index (χ0) is 22.2. The number of carbonyl (C=O) groups excluding carboxylic acids is 1. The summed E-state index contributed by atoms with van der Waals surface area (Å²) in [6.07, 6.45) is 0.328. The highest BCUT2D eigenvalue weighted by Gasteiger charge is 2.20. The largest absolute Gasteiger partial charge is 0.460 e. The molecular formula is C25H18FN3O3. The van der Waals surface area contributed by atoms with Crippen molar-refractivity contribution in [2.45, 2.75) is 13.3 Å². The minimum absolute atomic E-state index is 0.323. The van der Waals surface area contributed by atoms with Gasteiger partial charge in [-0.25, -0.2) is 4.39 Å². The maximum absolute atomic E-state index is 13.2. The van der Waals surface area contributed by atoms with E-state index in [0.29, 0.717) is 40.5 Å². The number of halogens is 1. The van der Waals surface area contributed by atoms with Crippen LogP contribution in [-0.4, -0.2) is 16.1 Å². The summed E-state index contributed by atoms with van der Waals surface area (Å²) >= 11 is 0. The number of aromatic nitrogens is 2. The number of fused-ring (bicyclic) bond motifs is 1. The van der Waals surface area contributed by atoms with Gasteiger partial charge in [-0.3, -0.25) is 4.79 Å². The summed E-state index contributed by atoms with van der Waals surface area (Å²) in [6, 6.07) is 19.4. The molecule has 0 spiro atoms. The zero-order valence-corrected chi connectivity index (χ0v) is 17.1. The molecule has 32 heavy (non-hydrogen) atoms. The minimum atomic E-state index is -0.576. The third-order valence-corrected chi connectivity index (χ3v) is 5.25. The van der Waals surface area contributed by atoms with Gasteiger partial charge in [0, 0.05) is 24.3 Å². The fraction of sp³-hybridized carbons (Fsp3) is 0.0800. The number of rotatable bonds is 5. The maximum Gasteiger partial charge on any atom is 0.252 e. The summed E-state index contributed by atoms with van der Waals surface area (Å²) in [5.41, 5.74) is 10.00. The number of benzene rings is 3. The van der Waals surface area contributed by atoms with Crippen molar-refractivity contribution in [3.05, 3.63) is 95.3 Å². The Labute approximate surface area is 182 Å². The van der Waals surface area contributed by atoms with Crippen LogP contribution in [0.1, 0.15) is 27.6 Å². The van der Waals surface area contributed by atoms with Gasteiger partial charge in [0.1, 0.15) is 17.2 Å².